The van der Waals surface area contributed by atoms with Crippen LogP contribution in [0.1, 0.15) is 22.8 Å². The Morgan fingerprint density at radius 3 is 2.55 bits per heavy atom. The van der Waals surface area contributed by atoms with E-state index in [1.807, 2.05) is 61.5 Å². The molecule has 6 heteroatoms. The molecule has 0 aliphatic rings. The average molecular weight is 411 g/mol. The molecule has 1 N–H and O–H groups in total. The second kappa shape index (κ2) is 8.75. The molecule has 0 aliphatic carbocycles. The molecular formula is C25H21N3O3. The van der Waals surface area contributed by atoms with E-state index in [0.717, 1.165) is 11.1 Å². The zero-order valence-corrected chi connectivity index (χ0v) is 17.2. The smallest absolute Gasteiger partial charge is 0.339 e. The van der Waals surface area contributed by atoms with Crippen molar-refractivity contribution >= 4 is 28.5 Å². The first-order valence-electron chi connectivity index (χ1n) is 9.90. The van der Waals surface area contributed by atoms with Crippen molar-refractivity contribution < 1.29 is 14.3 Å². The molecule has 1 unspecified atom stereocenters. The molecule has 0 spiro atoms. The van der Waals surface area contributed by atoms with Crippen molar-refractivity contribution in [2.75, 3.05) is 5.32 Å². The van der Waals surface area contributed by atoms with Gasteiger partial charge in [-0.3, -0.25) is 9.78 Å². The van der Waals surface area contributed by atoms with E-state index < -0.39 is 18.0 Å². The number of rotatable bonds is 5. The number of carbonyl (C=O) groups is 2. The van der Waals surface area contributed by atoms with E-state index in [-0.39, 0.29) is 0 Å². The number of aromatic nitrogens is 2. The fourth-order valence-corrected chi connectivity index (χ4v) is 3.23. The van der Waals surface area contributed by atoms with E-state index in [4.69, 9.17) is 4.74 Å². The van der Waals surface area contributed by atoms with Crippen LogP contribution < -0.4 is 5.32 Å². The highest BCUT2D eigenvalue weighted by Crippen LogP contribution is 2.25. The van der Waals surface area contributed by atoms with Crippen LogP contribution in [0.5, 0.6) is 0 Å². The van der Waals surface area contributed by atoms with Gasteiger partial charge in [-0.25, -0.2) is 9.78 Å². The molecule has 31 heavy (non-hydrogen) atoms. The summed E-state index contributed by atoms with van der Waals surface area (Å²) in [7, 11) is 0. The minimum absolute atomic E-state index is 0.347. The first kappa shape index (κ1) is 20.2. The van der Waals surface area contributed by atoms with Crippen LogP contribution in [0.2, 0.25) is 0 Å². The van der Waals surface area contributed by atoms with Gasteiger partial charge in [0.2, 0.25) is 0 Å². The Kier molecular flexibility index (Phi) is 5.71. The van der Waals surface area contributed by atoms with Gasteiger partial charge in [0.25, 0.3) is 5.91 Å². The van der Waals surface area contributed by atoms with Crippen molar-refractivity contribution in [1.29, 1.82) is 0 Å². The van der Waals surface area contributed by atoms with Crippen molar-refractivity contribution in [3.8, 4) is 11.3 Å². The van der Waals surface area contributed by atoms with Crippen molar-refractivity contribution in [2.45, 2.75) is 20.0 Å². The number of nitrogens with one attached hydrogen (secondary N) is 1. The summed E-state index contributed by atoms with van der Waals surface area (Å²) in [6.07, 6.45) is 2.39. The maximum absolute atomic E-state index is 13.0. The minimum Gasteiger partial charge on any atom is -0.449 e. The molecule has 0 saturated carbocycles. The number of anilines is 1. The molecule has 2 heterocycles. The molecule has 0 fully saturated rings. The van der Waals surface area contributed by atoms with Crippen LogP contribution >= 0.6 is 0 Å². The highest BCUT2D eigenvalue weighted by molar-refractivity contribution is 6.06. The van der Waals surface area contributed by atoms with E-state index in [1.165, 1.54) is 0 Å². The van der Waals surface area contributed by atoms with Crippen LogP contribution in [0, 0.1) is 6.92 Å². The normalized spacial score (nSPS) is 11.7. The number of pyridine rings is 2. The van der Waals surface area contributed by atoms with E-state index in [2.05, 4.69) is 15.3 Å². The van der Waals surface area contributed by atoms with Gasteiger partial charge in [0.15, 0.2) is 6.10 Å². The van der Waals surface area contributed by atoms with Gasteiger partial charge in [0.1, 0.15) is 0 Å². The summed E-state index contributed by atoms with van der Waals surface area (Å²) in [5, 5.41) is 3.46. The number of esters is 1. The third kappa shape index (κ3) is 4.43. The lowest BCUT2D eigenvalue weighted by molar-refractivity contribution is -0.123. The maximum Gasteiger partial charge on any atom is 0.339 e. The Hall–Kier alpha value is -4.06. The summed E-state index contributed by atoms with van der Waals surface area (Å²) in [6, 6.07) is 20.1. The molecule has 0 saturated heterocycles. The zero-order valence-electron chi connectivity index (χ0n) is 17.2. The van der Waals surface area contributed by atoms with Crippen LogP contribution in [0.15, 0.2) is 79.1 Å². The predicted octanol–water partition coefficient (Wildman–Crippen LogP) is 4.79. The molecule has 0 aliphatic heterocycles. The van der Waals surface area contributed by atoms with Crippen LogP contribution in [-0.2, 0) is 9.53 Å². The maximum atomic E-state index is 13.0. The lowest BCUT2D eigenvalue weighted by atomic mass is 10.0. The van der Waals surface area contributed by atoms with Gasteiger partial charge in [-0.2, -0.15) is 0 Å². The first-order chi connectivity index (χ1) is 15.0. The quantitative estimate of drug-likeness (QED) is 0.478. The molecule has 4 rings (SSSR count). The number of hydrogen-bond donors (Lipinski definition) is 1. The number of ether oxygens (including phenoxy) is 1. The van der Waals surface area contributed by atoms with Crippen molar-refractivity contribution in [1.82, 2.24) is 9.97 Å². The van der Waals surface area contributed by atoms with E-state index in [9.17, 15) is 9.59 Å². The van der Waals surface area contributed by atoms with Gasteiger partial charge in [0, 0.05) is 29.0 Å². The standard InChI is InChI=1S/C25H21N3O3/c1-16-8-3-5-11-21(16)28-24(29)17(2)31-25(30)20-14-23(18-9-7-13-26-15-18)27-22-12-6-4-10-19(20)22/h3-15,17H,1-2H3,(H,28,29). The molecule has 154 valence electrons. The molecule has 1 amide bonds. The Morgan fingerprint density at radius 2 is 1.77 bits per heavy atom. The summed E-state index contributed by atoms with van der Waals surface area (Å²) in [5.74, 6) is -0.982. The van der Waals surface area contributed by atoms with E-state index >= 15 is 0 Å². The number of aryl methyl sites for hydroxylation is 1. The fraction of sp³-hybridized carbons (Fsp3) is 0.120. The molecular weight excluding hydrogens is 390 g/mol. The van der Waals surface area contributed by atoms with Crippen LogP contribution in [-0.4, -0.2) is 27.9 Å². The second-order valence-corrected chi connectivity index (χ2v) is 7.17. The Morgan fingerprint density at radius 1 is 1.00 bits per heavy atom. The Balaban J connectivity index is 1.61. The molecule has 1 atom stereocenters. The fourth-order valence-electron chi connectivity index (χ4n) is 3.23. The van der Waals surface area contributed by atoms with E-state index in [1.54, 1.807) is 31.5 Å². The molecule has 0 bridgehead atoms. The minimum atomic E-state index is -0.971. The third-order valence-electron chi connectivity index (χ3n) is 4.95. The lowest BCUT2D eigenvalue weighted by Crippen LogP contribution is -2.30. The van der Waals surface area contributed by atoms with Gasteiger partial charge < -0.3 is 10.1 Å². The summed E-state index contributed by atoms with van der Waals surface area (Å²) in [4.78, 5) is 34.4. The van der Waals surface area contributed by atoms with Gasteiger partial charge in [0.05, 0.1) is 16.8 Å². The Labute approximate surface area is 179 Å². The number of carbonyl (C=O) groups excluding carboxylic acids is 2. The number of benzene rings is 2. The van der Waals surface area contributed by atoms with Gasteiger partial charge in [-0.1, -0.05) is 36.4 Å². The zero-order chi connectivity index (χ0) is 21.8. The van der Waals surface area contributed by atoms with Crippen LogP contribution in [0.4, 0.5) is 5.69 Å². The third-order valence-corrected chi connectivity index (χ3v) is 4.95. The van der Waals surface area contributed by atoms with Crippen molar-refractivity contribution in [2.24, 2.45) is 0 Å². The number of hydrogen-bond acceptors (Lipinski definition) is 5. The summed E-state index contributed by atoms with van der Waals surface area (Å²) < 4.78 is 5.51. The second-order valence-electron chi connectivity index (χ2n) is 7.17. The van der Waals surface area contributed by atoms with Crippen LogP contribution in [0.25, 0.3) is 22.2 Å². The largest absolute Gasteiger partial charge is 0.449 e. The first-order valence-corrected chi connectivity index (χ1v) is 9.90. The molecule has 0 radical (unpaired) electrons. The summed E-state index contributed by atoms with van der Waals surface area (Å²) in [6.45, 7) is 3.45. The number of nitrogens with zero attached hydrogens (tertiary/aromatic N) is 2. The number of para-hydroxylation sites is 2. The molecule has 4 aromatic rings. The van der Waals surface area contributed by atoms with Gasteiger partial charge in [-0.05, 0) is 49.7 Å². The van der Waals surface area contributed by atoms with Crippen molar-refractivity contribution in [3.05, 3.63) is 90.3 Å². The van der Waals surface area contributed by atoms with Crippen LogP contribution in [0.3, 0.4) is 0 Å². The number of amides is 1. The van der Waals surface area contributed by atoms with Gasteiger partial charge in [-0.15, -0.1) is 0 Å². The monoisotopic (exact) mass is 411 g/mol. The van der Waals surface area contributed by atoms with E-state index in [0.29, 0.717) is 27.8 Å². The Bertz CT molecular complexity index is 1260. The highest BCUT2D eigenvalue weighted by atomic mass is 16.5. The molecule has 6 nitrogen and oxygen atoms in total. The summed E-state index contributed by atoms with van der Waals surface area (Å²) >= 11 is 0. The summed E-state index contributed by atoms with van der Waals surface area (Å²) in [5.41, 5.74) is 4.01. The molecule has 2 aromatic heterocycles. The average Bonchev–Trinajstić information content (AvgIpc) is 2.80. The van der Waals surface area contributed by atoms with Crippen molar-refractivity contribution in [3.63, 3.8) is 0 Å². The lowest BCUT2D eigenvalue weighted by Gasteiger charge is -2.16. The highest BCUT2D eigenvalue weighted by Gasteiger charge is 2.22. The number of fused-ring (bicyclic) bond motifs is 1. The topological polar surface area (TPSA) is 81.2 Å². The SMILES string of the molecule is Cc1ccccc1NC(=O)C(C)OC(=O)c1cc(-c2cccnc2)nc2ccccc12. The van der Waals surface area contributed by atoms with Gasteiger partial charge >= 0.3 is 5.97 Å². The predicted molar refractivity (Wildman–Crippen MR) is 120 cm³/mol. The molecule has 2 aromatic carbocycles.